The lowest BCUT2D eigenvalue weighted by atomic mass is 10.1. The molecule has 1 saturated heterocycles. The van der Waals surface area contributed by atoms with Gasteiger partial charge in [-0.3, -0.25) is 4.79 Å². The van der Waals surface area contributed by atoms with Crippen molar-refractivity contribution >= 4 is 27.5 Å². The molecule has 0 saturated carbocycles. The van der Waals surface area contributed by atoms with E-state index in [0.29, 0.717) is 24.3 Å². The molecule has 0 spiro atoms. The standard InChI is InChI=1S/C21H24N2O5S/c24-20(15-22-18-10-8-16(9-11-18)21(25)26)17-6-5-7-19(14-17)29(27,28)23-12-3-1-2-4-13-23/h5-11,14,22H,1-4,12-13,15H2,(H,25,26). The summed E-state index contributed by atoms with van der Waals surface area (Å²) in [6, 6.07) is 12.2. The van der Waals surface area contributed by atoms with Crippen molar-refractivity contribution in [2.45, 2.75) is 30.6 Å². The van der Waals surface area contributed by atoms with E-state index in [1.165, 1.54) is 28.6 Å². The van der Waals surface area contributed by atoms with E-state index in [1.54, 1.807) is 24.3 Å². The molecule has 0 aliphatic carbocycles. The Balaban J connectivity index is 1.69. The molecule has 154 valence electrons. The van der Waals surface area contributed by atoms with Crippen LogP contribution in [0.5, 0.6) is 0 Å². The molecule has 1 aliphatic heterocycles. The SMILES string of the molecule is O=C(O)c1ccc(NCC(=O)c2cccc(S(=O)(=O)N3CCCCCC3)c2)cc1. The zero-order chi connectivity index (χ0) is 20.9. The van der Waals surface area contributed by atoms with Gasteiger partial charge in [-0.2, -0.15) is 4.31 Å². The van der Waals surface area contributed by atoms with Gasteiger partial charge < -0.3 is 10.4 Å². The highest BCUT2D eigenvalue weighted by atomic mass is 32.2. The van der Waals surface area contributed by atoms with Crippen molar-refractivity contribution in [3.05, 3.63) is 59.7 Å². The molecule has 1 heterocycles. The third-order valence-electron chi connectivity index (χ3n) is 4.94. The van der Waals surface area contributed by atoms with Gasteiger partial charge in [0.15, 0.2) is 5.78 Å². The molecule has 1 fully saturated rings. The van der Waals surface area contributed by atoms with Crippen LogP contribution in [0.1, 0.15) is 46.4 Å². The van der Waals surface area contributed by atoms with Crippen LogP contribution < -0.4 is 5.32 Å². The average Bonchev–Trinajstić information content (AvgIpc) is 3.02. The summed E-state index contributed by atoms with van der Waals surface area (Å²) in [6.07, 6.45) is 3.76. The summed E-state index contributed by atoms with van der Waals surface area (Å²) < 4.78 is 27.4. The number of anilines is 1. The quantitative estimate of drug-likeness (QED) is 0.672. The fourth-order valence-corrected chi connectivity index (χ4v) is 4.84. The van der Waals surface area contributed by atoms with Crippen molar-refractivity contribution in [2.24, 2.45) is 0 Å². The first-order valence-electron chi connectivity index (χ1n) is 9.58. The van der Waals surface area contributed by atoms with Crippen LogP contribution >= 0.6 is 0 Å². The van der Waals surface area contributed by atoms with Gasteiger partial charge in [-0.25, -0.2) is 13.2 Å². The van der Waals surface area contributed by atoms with Crippen LogP contribution in [-0.4, -0.2) is 49.2 Å². The van der Waals surface area contributed by atoms with E-state index in [4.69, 9.17) is 5.11 Å². The fourth-order valence-electron chi connectivity index (χ4n) is 3.28. The molecular weight excluding hydrogens is 392 g/mol. The summed E-state index contributed by atoms with van der Waals surface area (Å²) in [5.41, 5.74) is 1.08. The third-order valence-corrected chi connectivity index (χ3v) is 6.84. The summed E-state index contributed by atoms with van der Waals surface area (Å²) in [7, 11) is -3.62. The maximum absolute atomic E-state index is 12.9. The number of hydrogen-bond acceptors (Lipinski definition) is 5. The maximum atomic E-state index is 12.9. The number of sulfonamides is 1. The molecule has 29 heavy (non-hydrogen) atoms. The first kappa shape index (κ1) is 21.0. The van der Waals surface area contributed by atoms with Crippen molar-refractivity contribution in [3.63, 3.8) is 0 Å². The van der Waals surface area contributed by atoms with Crippen LogP contribution in [0.2, 0.25) is 0 Å². The molecule has 0 radical (unpaired) electrons. The molecule has 0 unspecified atom stereocenters. The molecule has 3 rings (SSSR count). The lowest BCUT2D eigenvalue weighted by molar-refractivity contribution is 0.0696. The van der Waals surface area contributed by atoms with E-state index in [-0.39, 0.29) is 22.8 Å². The number of nitrogens with zero attached hydrogens (tertiary/aromatic N) is 1. The summed E-state index contributed by atoms with van der Waals surface area (Å²) in [5, 5.41) is 11.9. The van der Waals surface area contributed by atoms with Gasteiger partial charge >= 0.3 is 5.97 Å². The van der Waals surface area contributed by atoms with Crippen molar-refractivity contribution in [1.29, 1.82) is 0 Å². The highest BCUT2D eigenvalue weighted by Crippen LogP contribution is 2.21. The minimum atomic E-state index is -3.62. The second-order valence-corrected chi connectivity index (χ2v) is 8.94. The zero-order valence-electron chi connectivity index (χ0n) is 16.0. The number of rotatable bonds is 7. The summed E-state index contributed by atoms with van der Waals surface area (Å²) in [5.74, 6) is -1.27. The number of carboxylic acids is 1. The normalized spacial score (nSPS) is 15.4. The Morgan fingerprint density at radius 1 is 0.931 bits per heavy atom. The van der Waals surface area contributed by atoms with Gasteiger partial charge in [0.2, 0.25) is 10.0 Å². The number of hydrogen-bond donors (Lipinski definition) is 2. The summed E-state index contributed by atoms with van der Waals surface area (Å²) in [4.78, 5) is 23.6. The number of carboxylic acid groups (broad SMARTS) is 1. The Hall–Kier alpha value is -2.71. The molecule has 1 aliphatic rings. The molecule has 0 amide bonds. The van der Waals surface area contributed by atoms with Crippen LogP contribution in [-0.2, 0) is 10.0 Å². The van der Waals surface area contributed by atoms with Crippen molar-refractivity contribution in [3.8, 4) is 0 Å². The number of nitrogens with one attached hydrogen (secondary N) is 1. The lowest BCUT2D eigenvalue weighted by Gasteiger charge is -2.20. The maximum Gasteiger partial charge on any atom is 0.335 e. The number of carbonyl (C=O) groups is 2. The van der Waals surface area contributed by atoms with Crippen LogP contribution in [0.15, 0.2) is 53.4 Å². The molecule has 7 nitrogen and oxygen atoms in total. The van der Waals surface area contributed by atoms with Gasteiger partial charge in [0.1, 0.15) is 0 Å². The molecule has 0 aromatic heterocycles. The molecule has 2 aromatic rings. The first-order valence-corrected chi connectivity index (χ1v) is 11.0. The Labute approximate surface area is 170 Å². The Bertz CT molecular complexity index is 978. The Kier molecular flexibility index (Phi) is 6.66. The number of Topliss-reactive ketones (excluding diaryl/α,β-unsaturated/α-hetero) is 1. The van der Waals surface area contributed by atoms with Gasteiger partial charge in [-0.1, -0.05) is 25.0 Å². The third kappa shape index (κ3) is 5.21. The highest BCUT2D eigenvalue weighted by Gasteiger charge is 2.25. The van der Waals surface area contributed by atoms with E-state index in [1.807, 2.05) is 0 Å². The fraction of sp³-hybridized carbons (Fsp3) is 0.333. The van der Waals surface area contributed by atoms with E-state index < -0.39 is 16.0 Å². The summed E-state index contributed by atoms with van der Waals surface area (Å²) >= 11 is 0. The Morgan fingerprint density at radius 3 is 2.21 bits per heavy atom. The molecule has 2 N–H and O–H groups in total. The van der Waals surface area contributed by atoms with E-state index in [2.05, 4.69) is 5.32 Å². The average molecular weight is 416 g/mol. The summed E-state index contributed by atoms with van der Waals surface area (Å²) in [6.45, 7) is 0.989. The first-order chi connectivity index (χ1) is 13.9. The van der Waals surface area contributed by atoms with Crippen LogP contribution in [0, 0.1) is 0 Å². The largest absolute Gasteiger partial charge is 0.478 e. The lowest BCUT2D eigenvalue weighted by Crippen LogP contribution is -2.32. The monoisotopic (exact) mass is 416 g/mol. The van der Waals surface area contributed by atoms with E-state index in [0.717, 1.165) is 25.7 Å². The number of aromatic carboxylic acids is 1. The molecule has 8 heteroatoms. The highest BCUT2D eigenvalue weighted by molar-refractivity contribution is 7.89. The second-order valence-electron chi connectivity index (χ2n) is 7.01. The predicted molar refractivity (Wildman–Crippen MR) is 110 cm³/mol. The van der Waals surface area contributed by atoms with Gasteiger partial charge in [-0.15, -0.1) is 0 Å². The minimum absolute atomic E-state index is 0.0281. The van der Waals surface area contributed by atoms with Crippen LogP contribution in [0.4, 0.5) is 5.69 Å². The number of carbonyl (C=O) groups excluding carboxylic acids is 1. The molecule has 2 aromatic carbocycles. The molecule has 0 atom stereocenters. The van der Waals surface area contributed by atoms with Gasteiger partial charge in [0.05, 0.1) is 17.0 Å². The molecular formula is C21H24N2O5S. The van der Waals surface area contributed by atoms with Crippen molar-refractivity contribution in [2.75, 3.05) is 25.0 Å². The number of benzene rings is 2. The number of ketones is 1. The smallest absolute Gasteiger partial charge is 0.335 e. The van der Waals surface area contributed by atoms with Crippen molar-refractivity contribution < 1.29 is 23.1 Å². The van der Waals surface area contributed by atoms with E-state index in [9.17, 15) is 18.0 Å². The molecule has 0 bridgehead atoms. The Morgan fingerprint density at radius 2 is 1.59 bits per heavy atom. The van der Waals surface area contributed by atoms with Crippen molar-refractivity contribution in [1.82, 2.24) is 4.31 Å². The van der Waals surface area contributed by atoms with Crippen LogP contribution in [0.25, 0.3) is 0 Å². The van der Waals surface area contributed by atoms with Crippen LogP contribution in [0.3, 0.4) is 0 Å². The predicted octanol–water partition coefficient (Wildman–Crippen LogP) is 3.24. The van der Waals surface area contributed by atoms with Gasteiger partial charge in [-0.05, 0) is 49.2 Å². The van der Waals surface area contributed by atoms with Gasteiger partial charge in [0, 0.05) is 24.3 Å². The topological polar surface area (TPSA) is 104 Å². The zero-order valence-corrected chi connectivity index (χ0v) is 16.8. The van der Waals surface area contributed by atoms with Gasteiger partial charge in [0.25, 0.3) is 0 Å². The second kappa shape index (κ2) is 9.19. The van der Waals surface area contributed by atoms with E-state index >= 15 is 0 Å². The minimum Gasteiger partial charge on any atom is -0.478 e.